The van der Waals surface area contributed by atoms with Crippen LogP contribution in [-0.4, -0.2) is 18.3 Å². The van der Waals surface area contributed by atoms with Crippen molar-refractivity contribution >= 4 is 17.7 Å². The zero-order valence-electron chi connectivity index (χ0n) is 10.1. The average Bonchev–Trinajstić information content (AvgIpc) is 2.89. The van der Waals surface area contributed by atoms with Crippen molar-refractivity contribution in [3.05, 3.63) is 35.4 Å². The minimum absolute atomic E-state index is 0.264. The Morgan fingerprint density at radius 1 is 1.29 bits per heavy atom. The second-order valence-electron chi connectivity index (χ2n) is 4.41. The molecular weight excluding hydrogens is 232 g/mol. The van der Waals surface area contributed by atoms with Crippen LogP contribution in [0.4, 0.5) is 0 Å². The van der Waals surface area contributed by atoms with Gasteiger partial charge in [-0.2, -0.15) is 11.8 Å². The molecule has 1 aromatic rings. The lowest BCUT2D eigenvalue weighted by atomic mass is 10.1. The van der Waals surface area contributed by atoms with Crippen LogP contribution in [-0.2, 0) is 10.5 Å². The molecule has 1 aliphatic rings. The lowest BCUT2D eigenvalue weighted by molar-refractivity contribution is 0.0601. The molecule has 3 heteroatoms. The number of rotatable bonds is 4. The van der Waals surface area contributed by atoms with Crippen LogP contribution in [0.15, 0.2) is 24.3 Å². The highest BCUT2D eigenvalue weighted by molar-refractivity contribution is 7.99. The molecule has 0 aromatic heterocycles. The number of esters is 1. The number of hydrogen-bond donors (Lipinski definition) is 0. The van der Waals surface area contributed by atoms with Crippen LogP contribution < -0.4 is 0 Å². The molecule has 1 aliphatic carbocycles. The van der Waals surface area contributed by atoms with Crippen molar-refractivity contribution in [1.29, 1.82) is 0 Å². The summed E-state index contributed by atoms with van der Waals surface area (Å²) in [5.41, 5.74) is 1.91. The summed E-state index contributed by atoms with van der Waals surface area (Å²) >= 11 is 2.04. The van der Waals surface area contributed by atoms with E-state index in [0.29, 0.717) is 5.56 Å². The molecule has 0 spiro atoms. The predicted molar refractivity (Wildman–Crippen MR) is 71.3 cm³/mol. The zero-order valence-corrected chi connectivity index (χ0v) is 11.0. The molecule has 0 saturated heterocycles. The van der Waals surface area contributed by atoms with Gasteiger partial charge in [0.05, 0.1) is 12.7 Å². The van der Waals surface area contributed by atoms with E-state index in [-0.39, 0.29) is 5.97 Å². The van der Waals surface area contributed by atoms with Gasteiger partial charge in [-0.05, 0) is 30.5 Å². The Kier molecular flexibility index (Phi) is 4.49. The van der Waals surface area contributed by atoms with Gasteiger partial charge in [-0.15, -0.1) is 0 Å². The maximum atomic E-state index is 11.3. The van der Waals surface area contributed by atoms with E-state index in [2.05, 4.69) is 4.74 Å². The van der Waals surface area contributed by atoms with Gasteiger partial charge < -0.3 is 4.74 Å². The highest BCUT2D eigenvalue weighted by atomic mass is 32.2. The minimum Gasteiger partial charge on any atom is -0.465 e. The van der Waals surface area contributed by atoms with Gasteiger partial charge >= 0.3 is 5.97 Å². The van der Waals surface area contributed by atoms with E-state index < -0.39 is 0 Å². The molecule has 92 valence electrons. The highest BCUT2D eigenvalue weighted by Crippen LogP contribution is 2.31. The van der Waals surface area contributed by atoms with Crippen molar-refractivity contribution in [2.24, 2.45) is 0 Å². The van der Waals surface area contributed by atoms with E-state index in [1.807, 2.05) is 36.0 Å². The molecule has 0 amide bonds. The summed E-state index contributed by atoms with van der Waals surface area (Å²) < 4.78 is 4.67. The topological polar surface area (TPSA) is 26.3 Å². The number of hydrogen-bond acceptors (Lipinski definition) is 3. The summed E-state index contributed by atoms with van der Waals surface area (Å²) in [7, 11) is 1.41. The van der Waals surface area contributed by atoms with Crippen LogP contribution in [0.5, 0.6) is 0 Å². The van der Waals surface area contributed by atoms with Crippen molar-refractivity contribution in [2.75, 3.05) is 7.11 Å². The normalized spacial score (nSPS) is 16.1. The Morgan fingerprint density at radius 3 is 2.53 bits per heavy atom. The molecule has 2 rings (SSSR count). The second kappa shape index (κ2) is 6.10. The van der Waals surface area contributed by atoms with Crippen molar-refractivity contribution in [1.82, 2.24) is 0 Å². The summed E-state index contributed by atoms with van der Waals surface area (Å²) in [6.45, 7) is 0. The SMILES string of the molecule is COC(=O)c1ccc(CSC2CCCC2)cc1. The number of benzene rings is 1. The van der Waals surface area contributed by atoms with E-state index in [1.165, 1.54) is 38.4 Å². The van der Waals surface area contributed by atoms with Crippen LogP contribution in [0.2, 0.25) is 0 Å². The zero-order chi connectivity index (χ0) is 12.1. The number of methoxy groups -OCH3 is 1. The van der Waals surface area contributed by atoms with Crippen LogP contribution >= 0.6 is 11.8 Å². The van der Waals surface area contributed by atoms with Crippen molar-refractivity contribution in [3.8, 4) is 0 Å². The van der Waals surface area contributed by atoms with E-state index >= 15 is 0 Å². The van der Waals surface area contributed by atoms with E-state index in [0.717, 1.165) is 11.0 Å². The first-order valence-electron chi connectivity index (χ1n) is 6.08. The Balaban J connectivity index is 1.87. The number of ether oxygens (including phenoxy) is 1. The van der Waals surface area contributed by atoms with Crippen molar-refractivity contribution < 1.29 is 9.53 Å². The molecule has 0 radical (unpaired) electrons. The van der Waals surface area contributed by atoms with E-state index in [1.54, 1.807) is 0 Å². The van der Waals surface area contributed by atoms with Gasteiger partial charge in [0, 0.05) is 11.0 Å². The largest absolute Gasteiger partial charge is 0.465 e. The summed E-state index contributed by atoms with van der Waals surface area (Å²) in [5, 5.41) is 0.843. The lowest BCUT2D eigenvalue weighted by Crippen LogP contribution is -2.01. The molecule has 0 bridgehead atoms. The third kappa shape index (κ3) is 3.50. The number of carbonyl (C=O) groups excluding carboxylic acids is 1. The summed E-state index contributed by atoms with van der Waals surface area (Å²) in [6.07, 6.45) is 5.51. The van der Waals surface area contributed by atoms with Crippen LogP contribution in [0, 0.1) is 0 Å². The van der Waals surface area contributed by atoms with Gasteiger partial charge in [0.25, 0.3) is 0 Å². The van der Waals surface area contributed by atoms with Gasteiger partial charge in [-0.1, -0.05) is 25.0 Å². The van der Waals surface area contributed by atoms with Gasteiger partial charge in [-0.3, -0.25) is 0 Å². The molecule has 17 heavy (non-hydrogen) atoms. The number of thioether (sulfide) groups is 1. The van der Waals surface area contributed by atoms with Gasteiger partial charge in [0.2, 0.25) is 0 Å². The summed E-state index contributed by atoms with van der Waals surface area (Å²) in [4.78, 5) is 11.3. The molecule has 0 N–H and O–H groups in total. The fraction of sp³-hybridized carbons (Fsp3) is 0.500. The first-order valence-corrected chi connectivity index (χ1v) is 7.13. The smallest absolute Gasteiger partial charge is 0.337 e. The molecule has 1 fully saturated rings. The molecule has 2 nitrogen and oxygen atoms in total. The van der Waals surface area contributed by atoms with E-state index in [4.69, 9.17) is 0 Å². The molecular formula is C14H18O2S. The first-order chi connectivity index (χ1) is 8.29. The third-order valence-electron chi connectivity index (χ3n) is 3.16. The predicted octanol–water partition coefficient (Wildman–Crippen LogP) is 3.65. The third-order valence-corrected chi connectivity index (χ3v) is 4.61. The summed E-state index contributed by atoms with van der Waals surface area (Å²) in [5.74, 6) is 0.784. The van der Waals surface area contributed by atoms with Gasteiger partial charge in [-0.25, -0.2) is 4.79 Å². The number of carbonyl (C=O) groups is 1. The monoisotopic (exact) mass is 250 g/mol. The lowest BCUT2D eigenvalue weighted by Gasteiger charge is -2.08. The minimum atomic E-state index is -0.264. The highest BCUT2D eigenvalue weighted by Gasteiger charge is 2.15. The maximum absolute atomic E-state index is 11.3. The molecule has 1 aromatic carbocycles. The summed E-state index contributed by atoms with van der Waals surface area (Å²) in [6, 6.07) is 7.73. The Bertz CT molecular complexity index is 366. The molecule has 1 saturated carbocycles. The second-order valence-corrected chi connectivity index (χ2v) is 5.69. The first kappa shape index (κ1) is 12.5. The molecule has 0 aliphatic heterocycles. The van der Waals surface area contributed by atoms with Gasteiger partial charge in [0.15, 0.2) is 0 Å². The van der Waals surface area contributed by atoms with Gasteiger partial charge in [0.1, 0.15) is 0 Å². The Labute approximate surface area is 107 Å². The average molecular weight is 250 g/mol. The quantitative estimate of drug-likeness (QED) is 0.763. The van der Waals surface area contributed by atoms with Crippen LogP contribution in [0.25, 0.3) is 0 Å². The van der Waals surface area contributed by atoms with Crippen molar-refractivity contribution in [3.63, 3.8) is 0 Å². The molecule has 0 heterocycles. The van der Waals surface area contributed by atoms with Crippen LogP contribution in [0.3, 0.4) is 0 Å². The van der Waals surface area contributed by atoms with E-state index in [9.17, 15) is 4.79 Å². The van der Waals surface area contributed by atoms with Crippen LogP contribution in [0.1, 0.15) is 41.6 Å². The Morgan fingerprint density at radius 2 is 1.94 bits per heavy atom. The Hall–Kier alpha value is -0.960. The van der Waals surface area contributed by atoms with Crippen molar-refractivity contribution in [2.45, 2.75) is 36.7 Å². The maximum Gasteiger partial charge on any atom is 0.337 e. The molecule has 0 atom stereocenters. The molecule has 0 unspecified atom stereocenters. The fourth-order valence-electron chi connectivity index (χ4n) is 2.12. The fourth-order valence-corrected chi connectivity index (χ4v) is 3.41. The standard InChI is InChI=1S/C14H18O2S/c1-16-14(15)12-8-6-11(7-9-12)10-17-13-4-2-3-5-13/h6-9,13H,2-5,10H2,1H3.